The lowest BCUT2D eigenvalue weighted by molar-refractivity contribution is 0.197. The van der Waals surface area contributed by atoms with Crippen LogP contribution < -0.4 is 5.32 Å². The molecule has 1 rings (SSSR count). The number of ether oxygens (including phenoxy) is 1. The van der Waals surface area contributed by atoms with Gasteiger partial charge in [0.05, 0.1) is 13.2 Å². The second kappa shape index (κ2) is 7.73. The monoisotopic (exact) mass is 243 g/mol. The standard InChI is InChI=1S/C11H21N3OS/c1-10-9-16-11(13-10)8-14(2)6-4-12-5-7-15-3/h9,12H,4-8H2,1-3H3. The molecule has 0 amide bonds. The Morgan fingerprint density at radius 3 is 2.94 bits per heavy atom. The molecule has 4 nitrogen and oxygen atoms in total. The molecule has 16 heavy (non-hydrogen) atoms. The fourth-order valence-corrected chi connectivity index (χ4v) is 2.21. The first-order chi connectivity index (χ1) is 7.72. The molecule has 0 spiro atoms. The van der Waals surface area contributed by atoms with Crippen LogP contribution >= 0.6 is 11.3 Å². The summed E-state index contributed by atoms with van der Waals surface area (Å²) in [7, 11) is 3.84. The zero-order valence-electron chi connectivity index (χ0n) is 10.3. The van der Waals surface area contributed by atoms with Crippen molar-refractivity contribution in [2.24, 2.45) is 0 Å². The van der Waals surface area contributed by atoms with E-state index >= 15 is 0 Å². The van der Waals surface area contributed by atoms with E-state index in [9.17, 15) is 0 Å². The molecule has 0 aliphatic carbocycles. The molecule has 0 saturated heterocycles. The summed E-state index contributed by atoms with van der Waals surface area (Å²) < 4.78 is 4.96. The van der Waals surface area contributed by atoms with E-state index in [1.54, 1.807) is 18.4 Å². The fraction of sp³-hybridized carbons (Fsp3) is 0.727. The summed E-state index contributed by atoms with van der Waals surface area (Å²) in [5.74, 6) is 0. The number of aromatic nitrogens is 1. The quantitative estimate of drug-likeness (QED) is 0.694. The van der Waals surface area contributed by atoms with Crippen molar-refractivity contribution in [2.45, 2.75) is 13.5 Å². The second-order valence-electron chi connectivity index (χ2n) is 3.86. The molecule has 1 N–H and O–H groups in total. The maximum Gasteiger partial charge on any atom is 0.107 e. The minimum absolute atomic E-state index is 0.773. The number of methoxy groups -OCH3 is 1. The van der Waals surface area contributed by atoms with Crippen LogP contribution in [0.4, 0.5) is 0 Å². The molecule has 0 saturated carbocycles. The van der Waals surface area contributed by atoms with Crippen molar-refractivity contribution < 1.29 is 4.74 Å². The Balaban J connectivity index is 2.09. The van der Waals surface area contributed by atoms with E-state index in [2.05, 4.69) is 27.6 Å². The highest BCUT2D eigenvalue weighted by atomic mass is 32.1. The number of hydrogen-bond donors (Lipinski definition) is 1. The largest absolute Gasteiger partial charge is 0.383 e. The number of likely N-dealkylation sites (N-methyl/N-ethyl adjacent to an activating group) is 1. The molecule has 0 unspecified atom stereocenters. The van der Waals surface area contributed by atoms with Gasteiger partial charge in [0.15, 0.2) is 0 Å². The summed E-state index contributed by atoms with van der Waals surface area (Å²) >= 11 is 1.73. The topological polar surface area (TPSA) is 37.4 Å². The molecule has 1 aromatic heterocycles. The molecule has 0 bridgehead atoms. The number of nitrogens with zero attached hydrogens (tertiary/aromatic N) is 2. The maximum atomic E-state index is 4.96. The van der Waals surface area contributed by atoms with Crippen LogP contribution in [-0.2, 0) is 11.3 Å². The maximum absolute atomic E-state index is 4.96. The van der Waals surface area contributed by atoms with E-state index in [4.69, 9.17) is 4.74 Å². The van der Waals surface area contributed by atoms with E-state index in [1.165, 1.54) is 5.01 Å². The number of aryl methyl sites for hydroxylation is 1. The third kappa shape index (κ3) is 5.55. The van der Waals surface area contributed by atoms with E-state index in [0.29, 0.717) is 0 Å². The summed E-state index contributed by atoms with van der Waals surface area (Å²) in [6.45, 7) is 6.68. The summed E-state index contributed by atoms with van der Waals surface area (Å²) in [5, 5.41) is 6.61. The zero-order valence-corrected chi connectivity index (χ0v) is 11.1. The fourth-order valence-electron chi connectivity index (χ4n) is 1.35. The molecule has 1 heterocycles. The molecule has 0 aliphatic rings. The third-order valence-corrected chi connectivity index (χ3v) is 3.18. The van der Waals surface area contributed by atoms with Gasteiger partial charge < -0.3 is 10.1 Å². The van der Waals surface area contributed by atoms with Gasteiger partial charge in [-0.05, 0) is 14.0 Å². The molecule has 1 aromatic rings. The van der Waals surface area contributed by atoms with E-state index in [1.807, 2.05) is 6.92 Å². The van der Waals surface area contributed by atoms with Gasteiger partial charge in [-0.25, -0.2) is 4.98 Å². The first-order valence-electron chi connectivity index (χ1n) is 5.51. The zero-order chi connectivity index (χ0) is 11.8. The molecule has 0 radical (unpaired) electrons. The predicted molar refractivity (Wildman–Crippen MR) is 67.9 cm³/mol. The van der Waals surface area contributed by atoms with Crippen molar-refractivity contribution in [1.29, 1.82) is 0 Å². The lowest BCUT2D eigenvalue weighted by Gasteiger charge is -2.15. The van der Waals surface area contributed by atoms with Crippen LogP contribution in [0.15, 0.2) is 5.38 Å². The van der Waals surface area contributed by atoms with Crippen LogP contribution in [0.25, 0.3) is 0 Å². The van der Waals surface area contributed by atoms with Crippen molar-refractivity contribution in [3.8, 4) is 0 Å². The molecule has 0 atom stereocenters. The van der Waals surface area contributed by atoms with Gasteiger partial charge in [-0.15, -0.1) is 11.3 Å². The molecular formula is C11H21N3OS. The molecule has 0 aliphatic heterocycles. The minimum Gasteiger partial charge on any atom is -0.383 e. The summed E-state index contributed by atoms with van der Waals surface area (Å²) in [6.07, 6.45) is 0. The Morgan fingerprint density at radius 1 is 1.50 bits per heavy atom. The summed E-state index contributed by atoms with van der Waals surface area (Å²) in [6, 6.07) is 0. The Hall–Kier alpha value is -0.490. The van der Waals surface area contributed by atoms with Crippen molar-refractivity contribution in [2.75, 3.05) is 40.4 Å². The third-order valence-electron chi connectivity index (χ3n) is 2.23. The number of nitrogens with one attached hydrogen (secondary N) is 1. The van der Waals surface area contributed by atoms with Gasteiger partial charge in [0, 0.05) is 37.8 Å². The van der Waals surface area contributed by atoms with Crippen LogP contribution in [0.1, 0.15) is 10.7 Å². The average Bonchev–Trinajstić information content (AvgIpc) is 2.63. The van der Waals surface area contributed by atoms with Crippen LogP contribution in [0, 0.1) is 6.92 Å². The van der Waals surface area contributed by atoms with Gasteiger partial charge in [0.1, 0.15) is 5.01 Å². The Kier molecular flexibility index (Phi) is 6.56. The number of rotatable bonds is 8. The first-order valence-corrected chi connectivity index (χ1v) is 6.39. The highest BCUT2D eigenvalue weighted by Gasteiger charge is 2.03. The molecule has 0 aromatic carbocycles. The van der Waals surface area contributed by atoms with E-state index < -0.39 is 0 Å². The van der Waals surface area contributed by atoms with Crippen LogP contribution in [-0.4, -0.2) is 50.3 Å². The van der Waals surface area contributed by atoms with Crippen LogP contribution in [0.3, 0.4) is 0 Å². The van der Waals surface area contributed by atoms with Crippen molar-refractivity contribution >= 4 is 11.3 Å². The Morgan fingerprint density at radius 2 is 2.31 bits per heavy atom. The predicted octanol–water partition coefficient (Wildman–Crippen LogP) is 1.12. The summed E-state index contributed by atoms with van der Waals surface area (Å²) in [5.41, 5.74) is 1.12. The minimum atomic E-state index is 0.773. The lowest BCUT2D eigenvalue weighted by atomic mass is 10.5. The highest BCUT2D eigenvalue weighted by molar-refractivity contribution is 7.09. The molecule has 0 fully saturated rings. The lowest BCUT2D eigenvalue weighted by Crippen LogP contribution is -2.30. The van der Waals surface area contributed by atoms with Crippen molar-refractivity contribution in [1.82, 2.24) is 15.2 Å². The normalized spacial score (nSPS) is 11.2. The van der Waals surface area contributed by atoms with Crippen LogP contribution in [0.5, 0.6) is 0 Å². The van der Waals surface area contributed by atoms with Gasteiger partial charge in [0.25, 0.3) is 0 Å². The van der Waals surface area contributed by atoms with E-state index in [0.717, 1.165) is 38.5 Å². The van der Waals surface area contributed by atoms with E-state index in [-0.39, 0.29) is 0 Å². The Labute approximate surface area is 102 Å². The van der Waals surface area contributed by atoms with Crippen LogP contribution in [0.2, 0.25) is 0 Å². The number of thiazole rings is 1. The summed E-state index contributed by atoms with van der Waals surface area (Å²) in [4.78, 5) is 6.72. The highest BCUT2D eigenvalue weighted by Crippen LogP contribution is 2.10. The molecule has 92 valence electrons. The van der Waals surface area contributed by atoms with Crippen molar-refractivity contribution in [3.05, 3.63) is 16.1 Å². The average molecular weight is 243 g/mol. The molecular weight excluding hydrogens is 222 g/mol. The van der Waals surface area contributed by atoms with Crippen molar-refractivity contribution in [3.63, 3.8) is 0 Å². The number of hydrogen-bond acceptors (Lipinski definition) is 5. The van der Waals surface area contributed by atoms with Gasteiger partial charge in [-0.3, -0.25) is 4.90 Å². The Bertz CT molecular complexity index is 291. The van der Waals surface area contributed by atoms with Gasteiger partial charge in [-0.1, -0.05) is 0 Å². The molecule has 5 heteroatoms. The second-order valence-corrected chi connectivity index (χ2v) is 4.81. The van der Waals surface area contributed by atoms with Gasteiger partial charge >= 0.3 is 0 Å². The SMILES string of the molecule is COCCNCCN(C)Cc1nc(C)cs1. The first kappa shape index (κ1) is 13.6. The van der Waals surface area contributed by atoms with Gasteiger partial charge in [-0.2, -0.15) is 0 Å². The smallest absolute Gasteiger partial charge is 0.107 e. The van der Waals surface area contributed by atoms with Gasteiger partial charge in [0.2, 0.25) is 0 Å².